The third kappa shape index (κ3) is 3.18. The Morgan fingerprint density at radius 2 is 1.62 bits per heavy atom. The molecular weight excluding hydrogens is 374 g/mol. The van der Waals surface area contributed by atoms with E-state index in [-0.39, 0.29) is 15.7 Å². The van der Waals surface area contributed by atoms with Crippen molar-refractivity contribution < 1.29 is 18.3 Å². The van der Waals surface area contributed by atoms with Crippen LogP contribution in [0.25, 0.3) is 10.8 Å². The fourth-order valence-electron chi connectivity index (χ4n) is 3.00. The summed E-state index contributed by atoms with van der Waals surface area (Å²) in [6.07, 6.45) is 0. The number of methoxy groups -OCH3 is 1. The Hall–Kier alpha value is -2.44. The predicted octanol–water partition coefficient (Wildman–Crippen LogP) is 4.63. The van der Waals surface area contributed by atoms with Crippen molar-refractivity contribution in [3.05, 3.63) is 58.6 Å². The average Bonchev–Trinajstić information content (AvgIpc) is 2.59. The van der Waals surface area contributed by atoms with Crippen molar-refractivity contribution in [2.24, 2.45) is 0 Å². The van der Waals surface area contributed by atoms with Crippen LogP contribution < -0.4 is 9.46 Å². The van der Waals surface area contributed by atoms with Crippen molar-refractivity contribution in [1.29, 1.82) is 0 Å². The number of benzene rings is 3. The Morgan fingerprint density at radius 3 is 2.19 bits per heavy atom. The van der Waals surface area contributed by atoms with Gasteiger partial charge >= 0.3 is 0 Å². The highest BCUT2D eigenvalue weighted by molar-refractivity contribution is 7.92. The van der Waals surface area contributed by atoms with Gasteiger partial charge in [0.2, 0.25) is 0 Å². The predicted molar refractivity (Wildman–Crippen MR) is 104 cm³/mol. The van der Waals surface area contributed by atoms with E-state index in [1.54, 1.807) is 57.4 Å². The number of nitrogens with one attached hydrogen (secondary N) is 1. The summed E-state index contributed by atoms with van der Waals surface area (Å²) in [7, 11) is -2.30. The number of ether oxygens (including phenoxy) is 1. The maximum atomic E-state index is 12.9. The van der Waals surface area contributed by atoms with Crippen LogP contribution in [0.4, 0.5) is 5.69 Å². The minimum atomic E-state index is -3.85. The molecule has 0 spiro atoms. The topological polar surface area (TPSA) is 75.6 Å². The van der Waals surface area contributed by atoms with E-state index in [2.05, 4.69) is 4.72 Å². The van der Waals surface area contributed by atoms with Gasteiger partial charge in [0.25, 0.3) is 10.0 Å². The Bertz CT molecular complexity index is 1090. The third-order valence-electron chi connectivity index (χ3n) is 4.16. The van der Waals surface area contributed by atoms with Crippen LogP contribution in [-0.4, -0.2) is 20.6 Å². The minimum Gasteiger partial charge on any atom is -0.506 e. The maximum absolute atomic E-state index is 12.9. The molecule has 0 radical (unpaired) electrons. The van der Waals surface area contributed by atoms with Crippen LogP contribution in [0.3, 0.4) is 0 Å². The van der Waals surface area contributed by atoms with Gasteiger partial charge in [-0.05, 0) is 43.2 Å². The van der Waals surface area contributed by atoms with Gasteiger partial charge in [-0.15, -0.1) is 0 Å². The second-order valence-electron chi connectivity index (χ2n) is 6.00. The number of rotatable bonds is 4. The van der Waals surface area contributed by atoms with Gasteiger partial charge in [0.05, 0.1) is 22.7 Å². The normalized spacial score (nSPS) is 11.5. The molecule has 3 aromatic carbocycles. The van der Waals surface area contributed by atoms with Crippen molar-refractivity contribution in [3.8, 4) is 11.5 Å². The summed E-state index contributed by atoms with van der Waals surface area (Å²) in [6.45, 7) is 3.58. The smallest absolute Gasteiger partial charge is 0.261 e. The lowest BCUT2D eigenvalue weighted by Gasteiger charge is -2.15. The molecule has 0 aromatic heterocycles. The first kappa shape index (κ1) is 18.4. The van der Waals surface area contributed by atoms with E-state index in [1.165, 1.54) is 6.07 Å². The molecule has 3 rings (SSSR count). The van der Waals surface area contributed by atoms with Crippen LogP contribution in [-0.2, 0) is 10.0 Å². The molecule has 136 valence electrons. The Morgan fingerprint density at radius 1 is 1.04 bits per heavy atom. The molecule has 0 bridgehead atoms. The van der Waals surface area contributed by atoms with E-state index >= 15 is 0 Å². The first-order valence-corrected chi connectivity index (χ1v) is 9.69. The molecule has 2 N–H and O–H groups in total. The van der Waals surface area contributed by atoms with Gasteiger partial charge in [-0.2, -0.15) is 0 Å². The molecule has 7 heteroatoms. The molecule has 0 fully saturated rings. The molecule has 26 heavy (non-hydrogen) atoms. The molecule has 0 aliphatic carbocycles. The SMILES string of the molecule is COc1c(C)cc(S(=O)(=O)Nc2cc(Cl)c(O)c3ccccc23)cc1C. The highest BCUT2D eigenvalue weighted by Gasteiger charge is 2.20. The number of aromatic hydroxyl groups is 1. The number of fused-ring (bicyclic) bond motifs is 1. The van der Waals surface area contributed by atoms with Gasteiger partial charge in [0.15, 0.2) is 0 Å². The van der Waals surface area contributed by atoms with E-state index in [9.17, 15) is 13.5 Å². The Kier molecular flexibility index (Phi) is 4.73. The first-order valence-electron chi connectivity index (χ1n) is 7.83. The zero-order chi connectivity index (χ0) is 19.1. The molecule has 0 saturated heterocycles. The molecule has 0 amide bonds. The largest absolute Gasteiger partial charge is 0.506 e. The number of hydrogen-bond acceptors (Lipinski definition) is 4. The van der Waals surface area contributed by atoms with Crippen LogP contribution >= 0.6 is 11.6 Å². The van der Waals surface area contributed by atoms with Gasteiger partial charge in [0.1, 0.15) is 11.5 Å². The lowest BCUT2D eigenvalue weighted by atomic mass is 10.1. The summed E-state index contributed by atoms with van der Waals surface area (Å²) in [5, 5.41) is 11.2. The van der Waals surface area contributed by atoms with Crippen molar-refractivity contribution in [1.82, 2.24) is 0 Å². The summed E-state index contributed by atoms with van der Waals surface area (Å²) in [4.78, 5) is 0.126. The summed E-state index contributed by atoms with van der Waals surface area (Å²) < 4.78 is 33.6. The van der Waals surface area contributed by atoms with E-state index in [0.717, 1.165) is 11.1 Å². The minimum absolute atomic E-state index is 0.0727. The molecule has 3 aromatic rings. The number of halogens is 1. The summed E-state index contributed by atoms with van der Waals surface area (Å²) >= 11 is 6.06. The van der Waals surface area contributed by atoms with Gasteiger partial charge in [-0.25, -0.2) is 8.42 Å². The fraction of sp³-hybridized carbons (Fsp3) is 0.158. The number of phenols is 1. The van der Waals surface area contributed by atoms with Crippen molar-refractivity contribution in [3.63, 3.8) is 0 Å². The summed E-state index contributed by atoms with van der Waals surface area (Å²) in [6, 6.07) is 11.4. The third-order valence-corrected chi connectivity index (χ3v) is 5.80. The lowest BCUT2D eigenvalue weighted by Crippen LogP contribution is -2.14. The molecule has 0 unspecified atom stereocenters. The van der Waals surface area contributed by atoms with E-state index in [0.29, 0.717) is 22.2 Å². The van der Waals surface area contributed by atoms with Gasteiger partial charge in [0, 0.05) is 10.8 Å². The summed E-state index contributed by atoms with van der Waals surface area (Å²) in [5.41, 5.74) is 1.75. The zero-order valence-electron chi connectivity index (χ0n) is 14.5. The van der Waals surface area contributed by atoms with E-state index in [4.69, 9.17) is 16.3 Å². The quantitative estimate of drug-likeness (QED) is 0.636. The standard InChI is InChI=1S/C19H18ClNO4S/c1-11-8-13(9-12(2)19(11)25-3)26(23,24)21-17-10-16(20)18(22)15-7-5-4-6-14(15)17/h4-10,21-22H,1-3H3. The zero-order valence-corrected chi connectivity index (χ0v) is 16.1. The second kappa shape index (κ2) is 6.70. The molecule has 0 saturated carbocycles. The molecular formula is C19H18ClNO4S. The van der Waals surface area contributed by atoms with Crippen LogP contribution in [0.15, 0.2) is 47.4 Å². The van der Waals surface area contributed by atoms with Crippen LogP contribution in [0.1, 0.15) is 11.1 Å². The molecule has 0 aliphatic rings. The average molecular weight is 392 g/mol. The van der Waals surface area contributed by atoms with Crippen molar-refractivity contribution >= 4 is 38.1 Å². The monoisotopic (exact) mass is 391 g/mol. The maximum Gasteiger partial charge on any atom is 0.261 e. The Balaban J connectivity index is 2.12. The number of phenolic OH excluding ortho intramolecular Hbond substituents is 1. The molecule has 0 aliphatic heterocycles. The molecule has 5 nitrogen and oxygen atoms in total. The fourth-order valence-corrected chi connectivity index (χ4v) is 4.45. The number of aryl methyl sites for hydroxylation is 2. The molecule has 0 atom stereocenters. The van der Waals surface area contributed by atoms with Gasteiger partial charge in [-0.3, -0.25) is 4.72 Å². The second-order valence-corrected chi connectivity index (χ2v) is 8.09. The van der Waals surface area contributed by atoms with Crippen LogP contribution in [0.5, 0.6) is 11.5 Å². The molecule has 0 heterocycles. The van der Waals surface area contributed by atoms with E-state index in [1.807, 2.05) is 0 Å². The first-order chi connectivity index (χ1) is 12.2. The highest BCUT2D eigenvalue weighted by Crippen LogP contribution is 2.38. The van der Waals surface area contributed by atoms with Crippen LogP contribution in [0, 0.1) is 13.8 Å². The van der Waals surface area contributed by atoms with Crippen molar-refractivity contribution in [2.45, 2.75) is 18.7 Å². The number of hydrogen-bond donors (Lipinski definition) is 2. The number of anilines is 1. The lowest BCUT2D eigenvalue weighted by molar-refractivity contribution is 0.408. The van der Waals surface area contributed by atoms with Gasteiger partial charge < -0.3 is 9.84 Å². The van der Waals surface area contributed by atoms with Gasteiger partial charge in [-0.1, -0.05) is 35.9 Å². The van der Waals surface area contributed by atoms with E-state index < -0.39 is 10.0 Å². The number of sulfonamides is 1. The summed E-state index contributed by atoms with van der Waals surface area (Å²) in [5.74, 6) is 0.573. The Labute approximate surface area is 157 Å². The van der Waals surface area contributed by atoms with Crippen LogP contribution in [0.2, 0.25) is 5.02 Å². The van der Waals surface area contributed by atoms with Crippen molar-refractivity contribution in [2.75, 3.05) is 11.8 Å². The highest BCUT2D eigenvalue weighted by atomic mass is 35.5.